The van der Waals surface area contributed by atoms with Crippen molar-refractivity contribution in [2.45, 2.75) is 4.90 Å². The van der Waals surface area contributed by atoms with Crippen molar-refractivity contribution in [3.63, 3.8) is 0 Å². The molecule has 0 heterocycles. The molecule has 0 aliphatic heterocycles. The van der Waals surface area contributed by atoms with Crippen LogP contribution in [0.3, 0.4) is 0 Å². The lowest BCUT2D eigenvalue weighted by atomic mass is 10.2. The van der Waals surface area contributed by atoms with Crippen LogP contribution in [0.25, 0.3) is 0 Å². The van der Waals surface area contributed by atoms with Crippen molar-refractivity contribution in [1.29, 1.82) is 0 Å². The van der Waals surface area contributed by atoms with Crippen molar-refractivity contribution in [1.82, 2.24) is 0 Å². The number of anilines is 1. The molecule has 3 N–H and O–H groups in total. The number of sulfone groups is 1. The Morgan fingerprint density at radius 2 is 1.55 bits per heavy atom. The van der Waals surface area contributed by atoms with E-state index in [0.29, 0.717) is 11.4 Å². The summed E-state index contributed by atoms with van der Waals surface area (Å²) < 4.78 is 29.6. The minimum Gasteiger partial charge on any atom is -0.456 e. The number of nitrogens with one attached hydrogen (secondary N) is 1. The second-order valence-corrected chi connectivity index (χ2v) is 8.20. The molecule has 3 aromatic carbocycles. The quantitative estimate of drug-likeness (QED) is 0.647. The van der Waals surface area contributed by atoms with Crippen LogP contribution in [0.2, 0.25) is 0 Å². The Kier molecular flexibility index (Phi) is 5.65. The maximum atomic E-state index is 12.6. The highest BCUT2D eigenvalue weighted by Gasteiger charge is 2.18. The molecule has 29 heavy (non-hydrogen) atoms. The third-order valence-electron chi connectivity index (χ3n) is 4.00. The normalized spacial score (nSPS) is 10.9. The maximum absolute atomic E-state index is 12.6. The van der Waals surface area contributed by atoms with Gasteiger partial charge in [-0.2, -0.15) is 0 Å². The summed E-state index contributed by atoms with van der Waals surface area (Å²) in [6, 6.07) is 19.0. The molecule has 3 rings (SSSR count). The second-order valence-electron chi connectivity index (χ2n) is 6.21. The molecule has 7 nitrogen and oxygen atoms in total. The fourth-order valence-electron chi connectivity index (χ4n) is 2.70. The molecule has 148 valence electrons. The van der Waals surface area contributed by atoms with Crippen molar-refractivity contribution in [2.24, 2.45) is 5.73 Å². The van der Waals surface area contributed by atoms with Crippen LogP contribution >= 0.6 is 0 Å². The van der Waals surface area contributed by atoms with Crippen molar-refractivity contribution < 1.29 is 22.7 Å². The Hall–Kier alpha value is -3.65. The number of hydrogen-bond acceptors (Lipinski definition) is 5. The predicted octanol–water partition coefficient (Wildman–Crippen LogP) is 3.23. The van der Waals surface area contributed by atoms with Gasteiger partial charge in [-0.25, -0.2) is 8.42 Å². The number of para-hydroxylation sites is 1. The number of hydrogen-bond donors (Lipinski definition) is 2. The molecule has 0 unspecified atom stereocenters. The Morgan fingerprint density at radius 3 is 2.24 bits per heavy atom. The zero-order valence-corrected chi connectivity index (χ0v) is 16.3. The minimum atomic E-state index is -3.56. The van der Waals surface area contributed by atoms with E-state index < -0.39 is 21.7 Å². The van der Waals surface area contributed by atoms with Gasteiger partial charge in [0.25, 0.3) is 11.8 Å². The molecular formula is C21H18N2O5S. The zero-order chi connectivity index (χ0) is 21.0. The molecule has 0 aliphatic carbocycles. The van der Waals surface area contributed by atoms with Crippen molar-refractivity contribution >= 4 is 27.3 Å². The van der Waals surface area contributed by atoms with E-state index in [9.17, 15) is 18.0 Å². The summed E-state index contributed by atoms with van der Waals surface area (Å²) in [5.74, 6) is -0.540. The molecule has 0 saturated heterocycles. The first-order valence-electron chi connectivity index (χ1n) is 8.53. The highest BCUT2D eigenvalue weighted by atomic mass is 32.2. The number of carbonyl (C=O) groups excluding carboxylic acids is 2. The Bertz CT molecular complexity index is 1190. The lowest BCUT2D eigenvalue weighted by Crippen LogP contribution is -2.16. The van der Waals surface area contributed by atoms with Crippen LogP contribution in [0.5, 0.6) is 11.5 Å². The van der Waals surface area contributed by atoms with Gasteiger partial charge in [-0.3, -0.25) is 9.59 Å². The third kappa shape index (κ3) is 4.80. The number of ether oxygens (including phenoxy) is 1. The summed E-state index contributed by atoms with van der Waals surface area (Å²) in [4.78, 5) is 24.1. The van der Waals surface area contributed by atoms with Gasteiger partial charge in [0.15, 0.2) is 9.84 Å². The van der Waals surface area contributed by atoms with E-state index in [2.05, 4.69) is 5.32 Å². The van der Waals surface area contributed by atoms with Crippen LogP contribution in [0.1, 0.15) is 20.7 Å². The van der Waals surface area contributed by atoms with E-state index >= 15 is 0 Å². The van der Waals surface area contributed by atoms with E-state index in [1.807, 2.05) is 0 Å². The van der Waals surface area contributed by atoms with Crippen molar-refractivity contribution in [3.05, 3.63) is 83.9 Å². The van der Waals surface area contributed by atoms with Crippen LogP contribution in [0, 0.1) is 0 Å². The van der Waals surface area contributed by atoms with Gasteiger partial charge in [0.05, 0.1) is 16.0 Å². The van der Waals surface area contributed by atoms with E-state index in [1.54, 1.807) is 60.7 Å². The van der Waals surface area contributed by atoms with Gasteiger partial charge in [0, 0.05) is 18.0 Å². The summed E-state index contributed by atoms with van der Waals surface area (Å²) in [5, 5.41) is 2.66. The smallest absolute Gasteiger partial charge is 0.256 e. The number of benzene rings is 3. The van der Waals surface area contributed by atoms with Crippen LogP contribution < -0.4 is 15.8 Å². The third-order valence-corrected chi connectivity index (χ3v) is 5.16. The topological polar surface area (TPSA) is 116 Å². The number of amides is 2. The van der Waals surface area contributed by atoms with Crippen LogP contribution in [0.15, 0.2) is 77.7 Å². The average Bonchev–Trinajstić information content (AvgIpc) is 2.68. The molecule has 0 saturated carbocycles. The largest absolute Gasteiger partial charge is 0.456 e. The molecule has 0 aromatic heterocycles. The standard InChI is InChI=1S/C21H18N2O5S/c1-29(26,27)19-12-5-3-10-17(19)21(25)23-14-7-6-8-15(13-14)28-18-11-4-2-9-16(18)20(22)24/h2-13H,1H3,(H2,22,24)(H,23,25). The Morgan fingerprint density at radius 1 is 0.897 bits per heavy atom. The molecule has 0 fully saturated rings. The van der Waals surface area contributed by atoms with E-state index in [0.717, 1.165) is 6.26 Å². The summed E-state index contributed by atoms with van der Waals surface area (Å²) in [7, 11) is -3.56. The van der Waals surface area contributed by atoms with E-state index in [4.69, 9.17) is 10.5 Å². The van der Waals surface area contributed by atoms with Crippen LogP contribution in [-0.4, -0.2) is 26.5 Å². The number of nitrogens with two attached hydrogens (primary N) is 1. The van der Waals surface area contributed by atoms with Crippen LogP contribution in [0.4, 0.5) is 5.69 Å². The number of primary amides is 1. The molecule has 0 atom stereocenters. The molecule has 3 aromatic rings. The maximum Gasteiger partial charge on any atom is 0.256 e. The highest BCUT2D eigenvalue weighted by Crippen LogP contribution is 2.27. The van der Waals surface area contributed by atoms with Gasteiger partial charge in [0.1, 0.15) is 11.5 Å². The lowest BCUT2D eigenvalue weighted by Gasteiger charge is -2.12. The first-order valence-corrected chi connectivity index (χ1v) is 10.4. The van der Waals surface area contributed by atoms with Gasteiger partial charge in [-0.15, -0.1) is 0 Å². The summed E-state index contributed by atoms with van der Waals surface area (Å²) in [6.07, 6.45) is 1.05. The first kappa shape index (κ1) is 20.1. The lowest BCUT2D eigenvalue weighted by molar-refractivity contribution is 0.0995. The van der Waals surface area contributed by atoms with E-state index in [1.165, 1.54) is 12.1 Å². The van der Waals surface area contributed by atoms with Gasteiger partial charge < -0.3 is 15.8 Å². The fraction of sp³-hybridized carbons (Fsp3) is 0.0476. The molecule has 2 amide bonds. The molecule has 0 bridgehead atoms. The average molecular weight is 410 g/mol. The monoisotopic (exact) mass is 410 g/mol. The Labute approximate surface area is 168 Å². The van der Waals surface area contributed by atoms with Crippen LogP contribution in [-0.2, 0) is 9.84 Å². The molecule has 0 aliphatic rings. The number of rotatable bonds is 6. The second kappa shape index (κ2) is 8.15. The fourth-order valence-corrected chi connectivity index (χ4v) is 3.59. The molecule has 0 radical (unpaired) electrons. The summed E-state index contributed by atoms with van der Waals surface area (Å²) >= 11 is 0. The van der Waals surface area contributed by atoms with Crippen molar-refractivity contribution in [3.8, 4) is 11.5 Å². The predicted molar refractivity (Wildman–Crippen MR) is 109 cm³/mol. The first-order chi connectivity index (χ1) is 13.8. The summed E-state index contributed by atoms with van der Waals surface area (Å²) in [6.45, 7) is 0. The highest BCUT2D eigenvalue weighted by molar-refractivity contribution is 7.90. The zero-order valence-electron chi connectivity index (χ0n) is 15.5. The number of carbonyl (C=O) groups is 2. The van der Waals surface area contributed by atoms with Gasteiger partial charge in [0.2, 0.25) is 0 Å². The Balaban J connectivity index is 1.85. The molecule has 8 heteroatoms. The molecular weight excluding hydrogens is 392 g/mol. The minimum absolute atomic E-state index is 0.0420. The van der Waals surface area contributed by atoms with Gasteiger partial charge in [-0.1, -0.05) is 30.3 Å². The van der Waals surface area contributed by atoms with Gasteiger partial charge >= 0.3 is 0 Å². The van der Waals surface area contributed by atoms with Crippen molar-refractivity contribution in [2.75, 3.05) is 11.6 Å². The molecule has 0 spiro atoms. The van der Waals surface area contributed by atoms with E-state index in [-0.39, 0.29) is 21.8 Å². The SMILES string of the molecule is CS(=O)(=O)c1ccccc1C(=O)Nc1cccc(Oc2ccccc2C(N)=O)c1. The van der Waals surface area contributed by atoms with Gasteiger partial charge in [-0.05, 0) is 36.4 Å². The summed E-state index contributed by atoms with van der Waals surface area (Å²) in [5.41, 5.74) is 6.02.